The zero-order valence-electron chi connectivity index (χ0n) is 12.3. The van der Waals surface area contributed by atoms with Gasteiger partial charge in [0.25, 0.3) is 0 Å². The first-order chi connectivity index (χ1) is 10.6. The minimum absolute atomic E-state index is 0.0845. The van der Waals surface area contributed by atoms with Crippen LogP contribution in [0.15, 0.2) is 46.7 Å². The van der Waals surface area contributed by atoms with Crippen molar-refractivity contribution in [3.8, 4) is 0 Å². The highest BCUT2D eigenvalue weighted by molar-refractivity contribution is 7.99. The monoisotopic (exact) mass is 337 g/mol. The highest BCUT2D eigenvalue weighted by Crippen LogP contribution is 2.21. The molecule has 0 aliphatic rings. The van der Waals surface area contributed by atoms with E-state index >= 15 is 0 Å². The molecule has 0 aliphatic carbocycles. The molecule has 0 saturated carbocycles. The third kappa shape index (κ3) is 6.19. The topological polar surface area (TPSA) is 58.6 Å². The molecule has 1 atom stereocenters. The SMILES string of the molecule is CC(=O)Nc1ccc(SCC(O)COCc2cccs2)cc1. The number of amides is 1. The number of ether oxygens (including phenoxy) is 1. The molecule has 0 radical (unpaired) electrons. The Balaban J connectivity index is 1.67. The van der Waals surface area contributed by atoms with E-state index in [1.165, 1.54) is 6.92 Å². The number of carbonyl (C=O) groups is 1. The number of carbonyl (C=O) groups excluding carboxylic acids is 1. The molecular weight excluding hydrogens is 318 g/mol. The van der Waals surface area contributed by atoms with Crippen molar-refractivity contribution in [2.45, 2.75) is 24.5 Å². The number of anilines is 1. The van der Waals surface area contributed by atoms with E-state index in [2.05, 4.69) is 5.32 Å². The van der Waals surface area contributed by atoms with E-state index in [-0.39, 0.29) is 5.91 Å². The number of thiophene rings is 1. The van der Waals surface area contributed by atoms with Crippen LogP contribution in [0.4, 0.5) is 5.69 Å². The summed E-state index contributed by atoms with van der Waals surface area (Å²) in [6.07, 6.45) is -0.500. The second kappa shape index (κ2) is 8.95. The lowest BCUT2D eigenvalue weighted by Gasteiger charge is -2.11. The Bertz CT molecular complexity index is 570. The van der Waals surface area contributed by atoms with Crippen LogP contribution in [0.3, 0.4) is 0 Å². The Kier molecular flexibility index (Phi) is 6.92. The molecule has 118 valence electrons. The molecular formula is C16H19NO3S2. The van der Waals surface area contributed by atoms with Gasteiger partial charge in [0.15, 0.2) is 0 Å². The predicted octanol–water partition coefficient (Wildman–Crippen LogP) is 3.38. The van der Waals surface area contributed by atoms with Crippen molar-refractivity contribution in [2.24, 2.45) is 0 Å². The minimum atomic E-state index is -0.500. The van der Waals surface area contributed by atoms with Gasteiger partial charge in [-0.2, -0.15) is 0 Å². The van der Waals surface area contributed by atoms with Crippen LogP contribution >= 0.6 is 23.1 Å². The van der Waals surface area contributed by atoms with Crippen molar-refractivity contribution in [3.05, 3.63) is 46.7 Å². The van der Waals surface area contributed by atoms with Crippen LogP contribution in [0.1, 0.15) is 11.8 Å². The maximum absolute atomic E-state index is 10.9. The molecule has 0 saturated heterocycles. The standard InChI is InChI=1S/C16H19NO3S2/c1-12(18)17-13-4-6-15(7-5-13)22-11-14(19)9-20-10-16-3-2-8-21-16/h2-8,14,19H,9-11H2,1H3,(H,17,18). The summed E-state index contributed by atoms with van der Waals surface area (Å²) in [6.45, 7) is 2.36. The van der Waals surface area contributed by atoms with Gasteiger partial charge in [-0.25, -0.2) is 0 Å². The highest BCUT2D eigenvalue weighted by Gasteiger charge is 2.06. The molecule has 2 rings (SSSR count). The molecule has 1 aromatic heterocycles. The zero-order valence-corrected chi connectivity index (χ0v) is 14.0. The molecule has 1 aromatic carbocycles. The number of aliphatic hydroxyl groups excluding tert-OH is 1. The molecule has 4 nitrogen and oxygen atoms in total. The quantitative estimate of drug-likeness (QED) is 0.725. The second-order valence-corrected chi connectivity index (χ2v) is 6.89. The van der Waals surface area contributed by atoms with Gasteiger partial charge in [0, 0.05) is 28.1 Å². The fraction of sp³-hybridized carbons (Fsp3) is 0.312. The van der Waals surface area contributed by atoms with Gasteiger partial charge in [-0.05, 0) is 35.7 Å². The Morgan fingerprint density at radius 3 is 2.77 bits per heavy atom. The number of benzene rings is 1. The number of hydrogen-bond acceptors (Lipinski definition) is 5. The smallest absolute Gasteiger partial charge is 0.221 e. The Morgan fingerprint density at radius 1 is 1.36 bits per heavy atom. The van der Waals surface area contributed by atoms with Crippen molar-refractivity contribution in [2.75, 3.05) is 17.7 Å². The van der Waals surface area contributed by atoms with E-state index < -0.39 is 6.10 Å². The third-order valence-corrected chi connectivity index (χ3v) is 4.76. The van der Waals surface area contributed by atoms with Gasteiger partial charge in [-0.15, -0.1) is 23.1 Å². The van der Waals surface area contributed by atoms with Crippen LogP contribution in [0.5, 0.6) is 0 Å². The summed E-state index contributed by atoms with van der Waals surface area (Å²) in [5, 5.41) is 14.6. The fourth-order valence-corrected chi connectivity index (χ4v) is 3.22. The molecule has 0 aliphatic heterocycles. The molecule has 6 heteroatoms. The van der Waals surface area contributed by atoms with Crippen LogP contribution in [0.25, 0.3) is 0 Å². The van der Waals surface area contributed by atoms with Crippen molar-refractivity contribution in [3.63, 3.8) is 0 Å². The molecule has 1 amide bonds. The Labute approximate surface area is 138 Å². The lowest BCUT2D eigenvalue weighted by molar-refractivity contribution is -0.114. The van der Waals surface area contributed by atoms with Gasteiger partial charge in [0.2, 0.25) is 5.91 Å². The lowest BCUT2D eigenvalue weighted by atomic mass is 10.3. The van der Waals surface area contributed by atoms with Crippen molar-refractivity contribution in [1.29, 1.82) is 0 Å². The molecule has 0 fully saturated rings. The third-order valence-electron chi connectivity index (χ3n) is 2.75. The molecule has 0 spiro atoms. The van der Waals surface area contributed by atoms with Crippen LogP contribution in [0, 0.1) is 0 Å². The fourth-order valence-electron chi connectivity index (χ4n) is 1.77. The zero-order chi connectivity index (χ0) is 15.8. The maximum Gasteiger partial charge on any atom is 0.221 e. The van der Waals surface area contributed by atoms with E-state index in [4.69, 9.17) is 4.74 Å². The number of rotatable bonds is 8. The van der Waals surface area contributed by atoms with Crippen molar-refractivity contribution >= 4 is 34.7 Å². The normalized spacial score (nSPS) is 12.1. The highest BCUT2D eigenvalue weighted by atomic mass is 32.2. The summed E-state index contributed by atoms with van der Waals surface area (Å²) in [7, 11) is 0. The van der Waals surface area contributed by atoms with Crippen LogP contribution in [-0.2, 0) is 16.1 Å². The van der Waals surface area contributed by atoms with E-state index in [1.807, 2.05) is 41.8 Å². The predicted molar refractivity (Wildman–Crippen MR) is 91.5 cm³/mol. The van der Waals surface area contributed by atoms with Gasteiger partial charge >= 0.3 is 0 Å². The number of nitrogens with one attached hydrogen (secondary N) is 1. The summed E-state index contributed by atoms with van der Waals surface area (Å²) in [6, 6.07) is 11.6. The van der Waals surface area contributed by atoms with E-state index in [0.717, 1.165) is 15.5 Å². The molecule has 2 aromatic rings. The van der Waals surface area contributed by atoms with Gasteiger partial charge in [-0.1, -0.05) is 6.07 Å². The van der Waals surface area contributed by atoms with Crippen LogP contribution in [-0.4, -0.2) is 29.5 Å². The number of hydrogen-bond donors (Lipinski definition) is 2. The van der Waals surface area contributed by atoms with E-state index in [1.54, 1.807) is 23.1 Å². The van der Waals surface area contributed by atoms with Gasteiger partial charge < -0.3 is 15.2 Å². The van der Waals surface area contributed by atoms with Crippen LogP contribution < -0.4 is 5.32 Å². The number of thioether (sulfide) groups is 1. The summed E-state index contributed by atoms with van der Waals surface area (Å²) in [5.74, 6) is 0.489. The van der Waals surface area contributed by atoms with E-state index in [9.17, 15) is 9.90 Å². The molecule has 2 N–H and O–H groups in total. The van der Waals surface area contributed by atoms with Gasteiger partial charge in [-0.3, -0.25) is 4.79 Å². The van der Waals surface area contributed by atoms with Gasteiger partial charge in [0.05, 0.1) is 19.3 Å². The summed E-state index contributed by atoms with van der Waals surface area (Å²) in [4.78, 5) is 13.1. The molecule has 22 heavy (non-hydrogen) atoms. The first-order valence-corrected chi connectivity index (χ1v) is 8.78. The van der Waals surface area contributed by atoms with Crippen molar-refractivity contribution < 1.29 is 14.6 Å². The molecule has 1 unspecified atom stereocenters. The summed E-state index contributed by atoms with van der Waals surface area (Å²) >= 11 is 3.21. The van der Waals surface area contributed by atoms with Crippen molar-refractivity contribution in [1.82, 2.24) is 0 Å². The first kappa shape index (κ1) is 17.0. The molecule has 1 heterocycles. The Morgan fingerprint density at radius 2 is 2.14 bits per heavy atom. The summed E-state index contributed by atoms with van der Waals surface area (Å²) < 4.78 is 5.49. The second-order valence-electron chi connectivity index (χ2n) is 4.76. The van der Waals surface area contributed by atoms with E-state index in [0.29, 0.717) is 19.0 Å². The average Bonchev–Trinajstić information content (AvgIpc) is 2.99. The average molecular weight is 337 g/mol. The number of aliphatic hydroxyl groups is 1. The minimum Gasteiger partial charge on any atom is -0.390 e. The van der Waals surface area contributed by atoms with Crippen LogP contribution in [0.2, 0.25) is 0 Å². The Hall–Kier alpha value is -1.34. The van der Waals surface area contributed by atoms with Gasteiger partial charge in [0.1, 0.15) is 0 Å². The molecule has 0 bridgehead atoms. The maximum atomic E-state index is 10.9. The summed E-state index contributed by atoms with van der Waals surface area (Å²) in [5.41, 5.74) is 0.775. The lowest BCUT2D eigenvalue weighted by Crippen LogP contribution is -2.17. The first-order valence-electron chi connectivity index (χ1n) is 6.92. The largest absolute Gasteiger partial charge is 0.390 e.